The number of halogens is 1. The summed E-state index contributed by atoms with van der Waals surface area (Å²) < 4.78 is 6.30. The molecule has 0 aliphatic rings. The lowest BCUT2D eigenvalue weighted by Crippen LogP contribution is -1.92. The fourth-order valence-electron chi connectivity index (χ4n) is 0.745. The van der Waals surface area contributed by atoms with Gasteiger partial charge in [-0.1, -0.05) is 11.6 Å². The number of hydrogen-bond donors (Lipinski definition) is 0. The molecule has 0 spiro atoms. The Bertz CT molecular complexity index is 340. The van der Waals surface area contributed by atoms with Crippen LogP contribution in [0.4, 0.5) is 0 Å². The van der Waals surface area contributed by atoms with Crippen molar-refractivity contribution in [1.29, 1.82) is 0 Å². The van der Waals surface area contributed by atoms with Gasteiger partial charge in [-0.3, -0.25) is 0 Å². The van der Waals surface area contributed by atoms with Crippen LogP contribution >= 0.6 is 11.6 Å². The fourth-order valence-corrected chi connectivity index (χ4v) is 0.882. The van der Waals surface area contributed by atoms with E-state index in [1.807, 2.05) is 0 Å². The highest BCUT2D eigenvalue weighted by molar-refractivity contribution is 6.30. The predicted molar refractivity (Wildman–Crippen MR) is 38.6 cm³/mol. The molecule has 2 aromatic rings. The SMILES string of the molecule is Clc1cnn(-c2cocn2)c1. The molecule has 11 heavy (non-hydrogen) atoms. The zero-order valence-electron chi connectivity index (χ0n) is 5.44. The van der Waals surface area contributed by atoms with Crippen LogP contribution in [0, 0.1) is 0 Å². The van der Waals surface area contributed by atoms with Gasteiger partial charge in [0.25, 0.3) is 0 Å². The molecule has 0 radical (unpaired) electrons. The highest BCUT2D eigenvalue weighted by atomic mass is 35.5. The van der Waals surface area contributed by atoms with E-state index in [9.17, 15) is 0 Å². The summed E-state index contributed by atoms with van der Waals surface area (Å²) in [6, 6.07) is 0. The quantitative estimate of drug-likeness (QED) is 0.650. The predicted octanol–water partition coefficient (Wildman–Crippen LogP) is 1.51. The molecule has 0 aliphatic carbocycles. The smallest absolute Gasteiger partial charge is 0.192 e. The van der Waals surface area contributed by atoms with E-state index in [1.54, 1.807) is 6.20 Å². The normalized spacial score (nSPS) is 10.3. The Morgan fingerprint density at radius 2 is 2.45 bits per heavy atom. The first-order chi connectivity index (χ1) is 5.36. The van der Waals surface area contributed by atoms with Gasteiger partial charge in [0.15, 0.2) is 12.2 Å². The third kappa shape index (κ3) is 1.12. The second kappa shape index (κ2) is 2.39. The van der Waals surface area contributed by atoms with E-state index in [2.05, 4.69) is 10.1 Å². The summed E-state index contributed by atoms with van der Waals surface area (Å²) in [6.07, 6.45) is 6.02. The summed E-state index contributed by atoms with van der Waals surface area (Å²) in [7, 11) is 0. The standard InChI is InChI=1S/C6H4ClN3O/c7-5-1-9-10(2-5)6-3-11-4-8-6/h1-4H. The van der Waals surface area contributed by atoms with Crippen LogP contribution in [0.15, 0.2) is 29.5 Å². The first-order valence-corrected chi connectivity index (χ1v) is 3.33. The molecule has 0 atom stereocenters. The first-order valence-electron chi connectivity index (χ1n) is 2.95. The largest absolute Gasteiger partial charge is 0.449 e. The van der Waals surface area contributed by atoms with Crippen molar-refractivity contribution in [3.05, 3.63) is 30.1 Å². The molecular formula is C6H4ClN3O. The van der Waals surface area contributed by atoms with E-state index in [0.29, 0.717) is 10.8 Å². The molecule has 4 nitrogen and oxygen atoms in total. The van der Waals surface area contributed by atoms with Gasteiger partial charge < -0.3 is 4.42 Å². The Balaban J connectivity index is 2.45. The molecule has 2 aromatic heterocycles. The van der Waals surface area contributed by atoms with Crippen LogP contribution in [0.5, 0.6) is 0 Å². The lowest BCUT2D eigenvalue weighted by molar-refractivity contribution is 0.556. The zero-order valence-corrected chi connectivity index (χ0v) is 6.19. The topological polar surface area (TPSA) is 43.9 Å². The van der Waals surface area contributed by atoms with Crippen molar-refractivity contribution in [3.63, 3.8) is 0 Å². The summed E-state index contributed by atoms with van der Waals surface area (Å²) in [5.74, 6) is 0.622. The lowest BCUT2D eigenvalue weighted by atomic mass is 10.7. The highest BCUT2D eigenvalue weighted by Crippen LogP contribution is 2.08. The van der Waals surface area contributed by atoms with E-state index in [1.165, 1.54) is 23.5 Å². The molecule has 0 unspecified atom stereocenters. The van der Waals surface area contributed by atoms with Gasteiger partial charge in [-0.25, -0.2) is 4.68 Å². The second-order valence-electron chi connectivity index (χ2n) is 1.95. The molecule has 0 fully saturated rings. The Labute approximate surface area is 67.4 Å². The summed E-state index contributed by atoms with van der Waals surface area (Å²) in [6.45, 7) is 0. The monoisotopic (exact) mass is 169 g/mol. The minimum absolute atomic E-state index is 0.577. The van der Waals surface area contributed by atoms with Crippen molar-refractivity contribution in [2.75, 3.05) is 0 Å². The number of nitrogens with zero attached hydrogens (tertiary/aromatic N) is 3. The average Bonchev–Trinajstić information content (AvgIpc) is 2.55. The molecule has 5 heteroatoms. The number of rotatable bonds is 1. The Morgan fingerprint density at radius 1 is 1.55 bits per heavy atom. The van der Waals surface area contributed by atoms with Crippen molar-refractivity contribution in [1.82, 2.24) is 14.8 Å². The van der Waals surface area contributed by atoms with Gasteiger partial charge in [-0.15, -0.1) is 0 Å². The van der Waals surface area contributed by atoms with Crippen molar-refractivity contribution in [2.24, 2.45) is 0 Å². The van der Waals surface area contributed by atoms with E-state index in [-0.39, 0.29) is 0 Å². The van der Waals surface area contributed by atoms with E-state index in [0.717, 1.165) is 0 Å². The van der Waals surface area contributed by atoms with E-state index < -0.39 is 0 Å². The molecule has 56 valence electrons. The Hall–Kier alpha value is -1.29. The molecule has 0 amide bonds. The number of hydrogen-bond acceptors (Lipinski definition) is 3. The second-order valence-corrected chi connectivity index (χ2v) is 2.39. The molecular weight excluding hydrogens is 166 g/mol. The summed E-state index contributed by atoms with van der Waals surface area (Å²) in [5.41, 5.74) is 0. The van der Waals surface area contributed by atoms with Crippen LogP contribution in [-0.2, 0) is 0 Å². The first kappa shape index (κ1) is 6.42. The van der Waals surface area contributed by atoms with Gasteiger partial charge in [0.05, 0.1) is 17.4 Å². The maximum atomic E-state index is 5.64. The number of oxazole rings is 1. The van der Waals surface area contributed by atoms with Gasteiger partial charge in [0.1, 0.15) is 6.26 Å². The number of aromatic nitrogens is 3. The molecule has 0 aromatic carbocycles. The van der Waals surface area contributed by atoms with Gasteiger partial charge in [0.2, 0.25) is 0 Å². The molecule has 0 aliphatic heterocycles. The van der Waals surface area contributed by atoms with Crippen LogP contribution in [0.1, 0.15) is 0 Å². The molecule has 2 rings (SSSR count). The van der Waals surface area contributed by atoms with Gasteiger partial charge >= 0.3 is 0 Å². The Morgan fingerprint density at radius 3 is 3.00 bits per heavy atom. The van der Waals surface area contributed by atoms with Crippen LogP contribution in [0.25, 0.3) is 5.82 Å². The van der Waals surface area contributed by atoms with Crippen LogP contribution < -0.4 is 0 Å². The van der Waals surface area contributed by atoms with Gasteiger partial charge in [0, 0.05) is 0 Å². The van der Waals surface area contributed by atoms with Gasteiger partial charge in [-0.2, -0.15) is 10.1 Å². The molecule has 0 saturated heterocycles. The summed E-state index contributed by atoms with van der Waals surface area (Å²) in [4.78, 5) is 3.87. The zero-order chi connectivity index (χ0) is 7.68. The third-order valence-electron chi connectivity index (χ3n) is 1.21. The third-order valence-corrected chi connectivity index (χ3v) is 1.40. The highest BCUT2D eigenvalue weighted by Gasteiger charge is 1.99. The van der Waals surface area contributed by atoms with Crippen LogP contribution in [0.3, 0.4) is 0 Å². The van der Waals surface area contributed by atoms with Gasteiger partial charge in [-0.05, 0) is 0 Å². The van der Waals surface area contributed by atoms with Crippen LogP contribution in [0.2, 0.25) is 5.02 Å². The van der Waals surface area contributed by atoms with Crippen LogP contribution in [-0.4, -0.2) is 14.8 Å². The average molecular weight is 170 g/mol. The minimum atomic E-state index is 0.577. The van der Waals surface area contributed by atoms with Crippen molar-refractivity contribution >= 4 is 11.6 Å². The maximum Gasteiger partial charge on any atom is 0.192 e. The van der Waals surface area contributed by atoms with E-state index in [4.69, 9.17) is 16.0 Å². The summed E-state index contributed by atoms with van der Waals surface area (Å²) >= 11 is 5.64. The van der Waals surface area contributed by atoms with Crippen molar-refractivity contribution in [3.8, 4) is 5.82 Å². The van der Waals surface area contributed by atoms with Crippen molar-refractivity contribution in [2.45, 2.75) is 0 Å². The summed E-state index contributed by atoms with van der Waals surface area (Å²) in [5, 5.41) is 4.50. The lowest BCUT2D eigenvalue weighted by Gasteiger charge is -1.89. The van der Waals surface area contributed by atoms with Crippen molar-refractivity contribution < 1.29 is 4.42 Å². The molecule has 0 saturated carbocycles. The maximum absolute atomic E-state index is 5.64. The molecule has 0 N–H and O–H groups in total. The fraction of sp³-hybridized carbons (Fsp3) is 0. The Kier molecular flexibility index (Phi) is 1.40. The molecule has 0 bridgehead atoms. The molecule has 2 heterocycles. The minimum Gasteiger partial charge on any atom is -0.449 e. The van der Waals surface area contributed by atoms with E-state index >= 15 is 0 Å².